The molecule has 0 spiro atoms. The first kappa shape index (κ1) is 11.8. The van der Waals surface area contributed by atoms with Gasteiger partial charge in [0, 0.05) is 17.6 Å². The predicted molar refractivity (Wildman–Crippen MR) is 77.9 cm³/mol. The number of fused-ring (bicyclic) bond motifs is 2. The van der Waals surface area contributed by atoms with E-state index in [4.69, 9.17) is 4.74 Å². The summed E-state index contributed by atoms with van der Waals surface area (Å²) in [5.41, 5.74) is 1.81. The smallest absolute Gasteiger partial charge is 0.265 e. The van der Waals surface area contributed by atoms with E-state index in [-0.39, 0.29) is 5.91 Å². The zero-order chi connectivity index (χ0) is 13.7. The van der Waals surface area contributed by atoms with Crippen molar-refractivity contribution in [3.8, 4) is 5.75 Å². The lowest BCUT2D eigenvalue weighted by Crippen LogP contribution is -2.43. The van der Waals surface area contributed by atoms with Crippen LogP contribution in [0.1, 0.15) is 19.8 Å². The maximum absolute atomic E-state index is 11.6. The second kappa shape index (κ2) is 4.27. The summed E-state index contributed by atoms with van der Waals surface area (Å²) in [6, 6.07) is 6.44. The molecule has 0 saturated heterocycles. The molecule has 20 heavy (non-hydrogen) atoms. The Morgan fingerprint density at radius 2 is 2.30 bits per heavy atom. The number of nitrogens with one attached hydrogen (secondary N) is 2. The fraction of sp³-hybridized carbons (Fsp3) is 0.438. The van der Waals surface area contributed by atoms with Crippen molar-refractivity contribution in [3.63, 3.8) is 0 Å². The molecule has 104 valence electrons. The van der Waals surface area contributed by atoms with E-state index in [0.29, 0.717) is 12.0 Å². The van der Waals surface area contributed by atoms with Gasteiger partial charge in [0.15, 0.2) is 6.10 Å². The molecule has 1 heterocycles. The fourth-order valence-electron chi connectivity index (χ4n) is 3.40. The molecule has 1 fully saturated rings. The van der Waals surface area contributed by atoms with E-state index in [0.717, 1.165) is 23.0 Å². The lowest BCUT2D eigenvalue weighted by atomic mass is 9.71. The third kappa shape index (κ3) is 1.79. The van der Waals surface area contributed by atoms with Crippen LogP contribution in [-0.2, 0) is 4.79 Å². The standard InChI is InChI=1S/C16H18N2O2/c1-9-16(19)18-14-8-11(5-6-15(14)20-9)17-13-7-10-3-2-4-12(10)13/h2,4-6,8-10,12-13,17H,3,7H2,1H3,(H,18,19). The molecule has 4 atom stereocenters. The fourth-order valence-corrected chi connectivity index (χ4v) is 3.40. The highest BCUT2D eigenvalue weighted by atomic mass is 16.5. The van der Waals surface area contributed by atoms with Crippen LogP contribution in [-0.4, -0.2) is 18.1 Å². The second-order valence-electron chi connectivity index (χ2n) is 5.95. The molecule has 0 bridgehead atoms. The van der Waals surface area contributed by atoms with E-state index >= 15 is 0 Å². The number of hydrogen-bond acceptors (Lipinski definition) is 3. The summed E-state index contributed by atoms with van der Waals surface area (Å²) in [6.45, 7) is 1.76. The van der Waals surface area contributed by atoms with Crippen LogP contribution in [0.25, 0.3) is 0 Å². The summed E-state index contributed by atoms with van der Waals surface area (Å²) in [4.78, 5) is 11.6. The summed E-state index contributed by atoms with van der Waals surface area (Å²) in [6.07, 6.45) is 6.66. The highest BCUT2D eigenvalue weighted by Crippen LogP contribution is 2.44. The van der Waals surface area contributed by atoms with Crippen LogP contribution in [0.5, 0.6) is 5.75 Å². The SMILES string of the molecule is CC1Oc2ccc(NC3CC4CC=CC43)cc2NC1=O. The van der Waals surface area contributed by atoms with Gasteiger partial charge < -0.3 is 15.4 Å². The Balaban J connectivity index is 1.51. The van der Waals surface area contributed by atoms with Gasteiger partial charge in [-0.25, -0.2) is 0 Å². The minimum atomic E-state index is -0.419. The summed E-state index contributed by atoms with van der Waals surface area (Å²) in [7, 11) is 0. The maximum Gasteiger partial charge on any atom is 0.265 e. The molecule has 4 rings (SSSR count). The average molecular weight is 270 g/mol. The van der Waals surface area contributed by atoms with E-state index in [1.165, 1.54) is 12.8 Å². The van der Waals surface area contributed by atoms with E-state index in [9.17, 15) is 4.79 Å². The van der Waals surface area contributed by atoms with Gasteiger partial charge in [0.25, 0.3) is 5.91 Å². The van der Waals surface area contributed by atoms with Crippen molar-refractivity contribution in [2.24, 2.45) is 11.8 Å². The lowest BCUT2D eigenvalue weighted by molar-refractivity contribution is -0.122. The Kier molecular flexibility index (Phi) is 2.52. The van der Waals surface area contributed by atoms with E-state index in [1.807, 2.05) is 18.2 Å². The molecule has 1 amide bonds. The maximum atomic E-state index is 11.6. The number of rotatable bonds is 2. The largest absolute Gasteiger partial charge is 0.479 e. The highest BCUT2D eigenvalue weighted by molar-refractivity contribution is 5.98. The number of amides is 1. The van der Waals surface area contributed by atoms with Crippen LogP contribution in [0.4, 0.5) is 11.4 Å². The molecule has 4 nitrogen and oxygen atoms in total. The third-order valence-electron chi connectivity index (χ3n) is 4.63. The summed E-state index contributed by atoms with van der Waals surface area (Å²) in [5, 5.41) is 6.46. The van der Waals surface area contributed by atoms with Crippen LogP contribution in [0, 0.1) is 11.8 Å². The lowest BCUT2D eigenvalue weighted by Gasteiger charge is -2.41. The third-order valence-corrected chi connectivity index (χ3v) is 4.63. The molecule has 1 saturated carbocycles. The number of ether oxygens (including phenoxy) is 1. The molecule has 2 N–H and O–H groups in total. The van der Waals surface area contributed by atoms with Gasteiger partial charge >= 0.3 is 0 Å². The first-order chi connectivity index (χ1) is 9.70. The highest BCUT2D eigenvalue weighted by Gasteiger charge is 2.40. The van der Waals surface area contributed by atoms with Crippen molar-refractivity contribution in [2.75, 3.05) is 10.6 Å². The molecule has 0 aromatic heterocycles. The van der Waals surface area contributed by atoms with Crippen molar-refractivity contribution in [1.82, 2.24) is 0 Å². The van der Waals surface area contributed by atoms with Crippen molar-refractivity contribution in [1.29, 1.82) is 0 Å². The van der Waals surface area contributed by atoms with Crippen LogP contribution in [0.15, 0.2) is 30.4 Å². The van der Waals surface area contributed by atoms with Crippen molar-refractivity contribution in [2.45, 2.75) is 31.9 Å². The Morgan fingerprint density at radius 3 is 3.15 bits per heavy atom. The number of carbonyl (C=O) groups is 1. The normalized spacial score (nSPS) is 33.5. The predicted octanol–water partition coefficient (Wildman–Crippen LogP) is 2.78. The summed E-state index contributed by atoms with van der Waals surface area (Å²) >= 11 is 0. The van der Waals surface area contributed by atoms with Crippen molar-refractivity contribution in [3.05, 3.63) is 30.4 Å². The van der Waals surface area contributed by atoms with Gasteiger partial charge in [-0.15, -0.1) is 0 Å². The van der Waals surface area contributed by atoms with Crippen molar-refractivity contribution >= 4 is 17.3 Å². The zero-order valence-electron chi connectivity index (χ0n) is 11.4. The average Bonchev–Trinajstić information content (AvgIpc) is 2.79. The Hall–Kier alpha value is -1.97. The monoisotopic (exact) mass is 270 g/mol. The van der Waals surface area contributed by atoms with Gasteiger partial charge in [-0.3, -0.25) is 4.79 Å². The van der Waals surface area contributed by atoms with E-state index < -0.39 is 6.10 Å². The Bertz CT molecular complexity index is 596. The molecule has 0 radical (unpaired) electrons. The quantitative estimate of drug-likeness (QED) is 0.812. The number of allylic oxidation sites excluding steroid dienone is 1. The number of carbonyl (C=O) groups excluding carboxylic acids is 1. The first-order valence-corrected chi connectivity index (χ1v) is 7.25. The van der Waals surface area contributed by atoms with Crippen molar-refractivity contribution < 1.29 is 9.53 Å². The molecular formula is C16H18N2O2. The number of hydrogen-bond donors (Lipinski definition) is 2. The molecule has 4 unspecified atom stereocenters. The van der Waals surface area contributed by atoms with Crippen LogP contribution in [0.3, 0.4) is 0 Å². The minimum absolute atomic E-state index is 0.0860. The van der Waals surface area contributed by atoms with Gasteiger partial charge in [-0.05, 0) is 43.9 Å². The number of benzene rings is 1. The van der Waals surface area contributed by atoms with Crippen LogP contribution >= 0.6 is 0 Å². The van der Waals surface area contributed by atoms with Crippen LogP contribution in [0.2, 0.25) is 0 Å². The summed E-state index contributed by atoms with van der Waals surface area (Å²) < 4.78 is 5.56. The van der Waals surface area contributed by atoms with Gasteiger partial charge in [-0.1, -0.05) is 12.2 Å². The Labute approximate surface area is 118 Å². The van der Waals surface area contributed by atoms with Gasteiger partial charge in [0.1, 0.15) is 5.75 Å². The number of anilines is 2. The van der Waals surface area contributed by atoms with E-state index in [1.54, 1.807) is 6.92 Å². The van der Waals surface area contributed by atoms with Gasteiger partial charge in [-0.2, -0.15) is 0 Å². The molecule has 2 aliphatic carbocycles. The van der Waals surface area contributed by atoms with Crippen LogP contribution < -0.4 is 15.4 Å². The second-order valence-corrected chi connectivity index (χ2v) is 5.95. The molecule has 4 heteroatoms. The zero-order valence-corrected chi connectivity index (χ0v) is 11.4. The topological polar surface area (TPSA) is 50.4 Å². The van der Waals surface area contributed by atoms with Gasteiger partial charge in [0.05, 0.1) is 5.69 Å². The molecule has 1 aliphatic heterocycles. The molecule has 3 aliphatic rings. The van der Waals surface area contributed by atoms with E-state index in [2.05, 4.69) is 22.8 Å². The molecule has 1 aromatic carbocycles. The minimum Gasteiger partial charge on any atom is -0.479 e. The van der Waals surface area contributed by atoms with Gasteiger partial charge in [0.2, 0.25) is 0 Å². The first-order valence-electron chi connectivity index (χ1n) is 7.25. The molecular weight excluding hydrogens is 252 g/mol. The summed E-state index contributed by atoms with van der Waals surface area (Å²) in [5.74, 6) is 2.18. The Morgan fingerprint density at radius 1 is 1.40 bits per heavy atom. The molecule has 1 aromatic rings.